The Kier molecular flexibility index (Phi) is 3.34. The molecule has 0 aliphatic carbocycles. The summed E-state index contributed by atoms with van der Waals surface area (Å²) in [4.78, 5) is 7.63. The van der Waals surface area contributed by atoms with E-state index < -0.39 is 12.0 Å². The highest BCUT2D eigenvalue weighted by Gasteiger charge is 2.37. The first-order valence-electron chi connectivity index (χ1n) is 7.42. The van der Waals surface area contributed by atoms with Gasteiger partial charge in [0, 0.05) is 0 Å². The van der Waals surface area contributed by atoms with Crippen LogP contribution in [0.25, 0.3) is 16.7 Å². The zero-order valence-electron chi connectivity index (χ0n) is 12.9. The summed E-state index contributed by atoms with van der Waals surface area (Å²) in [6, 6.07) is 10.2. The van der Waals surface area contributed by atoms with Gasteiger partial charge in [-0.05, 0) is 31.2 Å². The number of H-pyrrole nitrogens is 1. The Morgan fingerprint density at radius 2 is 1.92 bits per heavy atom. The van der Waals surface area contributed by atoms with Crippen LogP contribution in [0.2, 0.25) is 0 Å². The van der Waals surface area contributed by atoms with Gasteiger partial charge >= 0.3 is 6.18 Å². The summed E-state index contributed by atoms with van der Waals surface area (Å²) in [5, 5.41) is 13.6. The lowest BCUT2D eigenvalue weighted by Crippen LogP contribution is -2.15. The van der Waals surface area contributed by atoms with Gasteiger partial charge in [-0.25, -0.2) is 4.98 Å². The number of halogens is 3. The molecule has 0 bridgehead atoms. The molecule has 0 saturated heterocycles. The second-order valence-corrected chi connectivity index (χ2v) is 5.52. The summed E-state index contributed by atoms with van der Waals surface area (Å²) in [5.41, 5.74) is 1.72. The first kappa shape index (κ1) is 15.4. The third kappa shape index (κ3) is 2.75. The van der Waals surface area contributed by atoms with Crippen molar-refractivity contribution in [3.05, 3.63) is 48.0 Å². The maximum atomic E-state index is 12.9. The maximum absolute atomic E-state index is 12.9. The molecule has 3 heterocycles. The number of aromatic amines is 1. The lowest BCUT2D eigenvalue weighted by Gasteiger charge is -2.12. The number of para-hydroxylation sites is 2. The summed E-state index contributed by atoms with van der Waals surface area (Å²) in [6.07, 6.45) is -4.63. The molecule has 1 atom stereocenters. The van der Waals surface area contributed by atoms with E-state index in [2.05, 4.69) is 30.6 Å². The number of hydrogen-bond acceptors (Lipinski definition) is 5. The van der Waals surface area contributed by atoms with Crippen LogP contribution in [-0.2, 0) is 6.18 Å². The number of nitrogens with zero attached hydrogens (tertiary/aromatic N) is 5. The third-order valence-corrected chi connectivity index (χ3v) is 3.70. The first-order valence-corrected chi connectivity index (χ1v) is 7.42. The average Bonchev–Trinajstić information content (AvgIpc) is 3.17. The molecule has 0 spiro atoms. The molecular weight excluding hydrogens is 335 g/mol. The van der Waals surface area contributed by atoms with Crippen molar-refractivity contribution in [1.29, 1.82) is 0 Å². The molecule has 10 heteroatoms. The Morgan fingerprint density at radius 1 is 1.12 bits per heavy atom. The van der Waals surface area contributed by atoms with Crippen molar-refractivity contribution in [2.75, 3.05) is 5.32 Å². The van der Waals surface area contributed by atoms with Crippen molar-refractivity contribution in [3.63, 3.8) is 0 Å². The molecule has 0 amide bonds. The summed E-state index contributed by atoms with van der Waals surface area (Å²) in [7, 11) is 0. The number of anilines is 1. The Morgan fingerprint density at radius 3 is 2.68 bits per heavy atom. The number of alkyl halides is 3. The van der Waals surface area contributed by atoms with Crippen LogP contribution < -0.4 is 5.32 Å². The largest absolute Gasteiger partial charge is 0.453 e. The quantitative estimate of drug-likeness (QED) is 0.595. The lowest BCUT2D eigenvalue weighted by molar-refractivity contribution is -0.146. The summed E-state index contributed by atoms with van der Waals surface area (Å²) in [6.45, 7) is 1.83. The van der Waals surface area contributed by atoms with E-state index in [-0.39, 0.29) is 17.5 Å². The molecule has 1 aromatic carbocycles. The number of imidazole rings is 1. The smallest absolute Gasteiger partial charge is 0.359 e. The van der Waals surface area contributed by atoms with Crippen LogP contribution >= 0.6 is 0 Å². The van der Waals surface area contributed by atoms with E-state index >= 15 is 0 Å². The van der Waals surface area contributed by atoms with Gasteiger partial charge in [-0.3, -0.25) is 0 Å². The summed E-state index contributed by atoms with van der Waals surface area (Å²) < 4.78 is 39.5. The zero-order chi connectivity index (χ0) is 17.6. The van der Waals surface area contributed by atoms with E-state index in [1.54, 1.807) is 6.07 Å². The van der Waals surface area contributed by atoms with E-state index in [0.29, 0.717) is 10.3 Å². The Balaban J connectivity index is 1.65. The number of aromatic nitrogens is 6. The highest BCUT2D eigenvalue weighted by atomic mass is 19.4. The minimum atomic E-state index is -4.63. The van der Waals surface area contributed by atoms with Gasteiger partial charge in [0.1, 0.15) is 11.6 Å². The second kappa shape index (κ2) is 5.43. The van der Waals surface area contributed by atoms with Crippen LogP contribution in [0.3, 0.4) is 0 Å². The molecule has 3 aromatic heterocycles. The third-order valence-electron chi connectivity index (χ3n) is 3.70. The first-order chi connectivity index (χ1) is 11.9. The van der Waals surface area contributed by atoms with E-state index in [1.807, 2.05) is 31.2 Å². The lowest BCUT2D eigenvalue weighted by atomic mass is 10.3. The predicted molar refractivity (Wildman–Crippen MR) is 83.9 cm³/mol. The fourth-order valence-electron chi connectivity index (χ4n) is 2.51. The highest BCUT2D eigenvalue weighted by Crippen LogP contribution is 2.28. The average molecular weight is 347 g/mol. The van der Waals surface area contributed by atoms with Crippen LogP contribution in [0.1, 0.15) is 24.6 Å². The fraction of sp³-hybridized carbons (Fsp3) is 0.200. The van der Waals surface area contributed by atoms with Crippen LogP contribution in [0.5, 0.6) is 0 Å². The van der Waals surface area contributed by atoms with E-state index in [9.17, 15) is 13.2 Å². The zero-order valence-corrected chi connectivity index (χ0v) is 12.9. The van der Waals surface area contributed by atoms with Crippen LogP contribution in [-0.4, -0.2) is 29.8 Å². The molecule has 0 fully saturated rings. The van der Waals surface area contributed by atoms with Gasteiger partial charge in [-0.1, -0.05) is 12.1 Å². The minimum absolute atomic E-state index is 0.0225. The van der Waals surface area contributed by atoms with Crippen molar-refractivity contribution >= 4 is 22.5 Å². The molecular formula is C15H12F3N7. The van der Waals surface area contributed by atoms with Crippen molar-refractivity contribution in [2.24, 2.45) is 0 Å². The maximum Gasteiger partial charge on any atom is 0.453 e. The second-order valence-electron chi connectivity index (χ2n) is 5.52. The standard InChI is InChI=1S/C15H12F3N7/c1-8(13-20-9-4-2-3-5-10(9)21-13)19-11-6-7-12-22-23-14(15(16,17)18)25(12)24-11/h2-8H,1H3,(H,19,24)(H,20,21). The predicted octanol–water partition coefficient (Wildman–Crippen LogP) is 3.19. The molecule has 128 valence electrons. The van der Waals surface area contributed by atoms with Crippen molar-refractivity contribution in [2.45, 2.75) is 19.1 Å². The topological polar surface area (TPSA) is 83.8 Å². The molecule has 0 aliphatic heterocycles. The summed E-state index contributed by atoms with van der Waals surface area (Å²) in [5.74, 6) is -0.254. The molecule has 2 N–H and O–H groups in total. The molecule has 7 nitrogen and oxygen atoms in total. The molecule has 0 saturated carbocycles. The van der Waals surface area contributed by atoms with Gasteiger partial charge in [0.25, 0.3) is 5.82 Å². The molecule has 0 aliphatic rings. The Bertz CT molecular complexity index is 1020. The number of nitrogens with one attached hydrogen (secondary N) is 2. The van der Waals surface area contributed by atoms with E-state index in [1.165, 1.54) is 6.07 Å². The van der Waals surface area contributed by atoms with Gasteiger partial charge < -0.3 is 10.3 Å². The minimum Gasteiger partial charge on any atom is -0.359 e. The number of rotatable bonds is 3. The monoisotopic (exact) mass is 347 g/mol. The van der Waals surface area contributed by atoms with Gasteiger partial charge in [-0.15, -0.1) is 15.3 Å². The van der Waals surface area contributed by atoms with Crippen LogP contribution in [0.4, 0.5) is 19.0 Å². The molecule has 4 rings (SSSR count). The van der Waals surface area contributed by atoms with Gasteiger partial charge in [-0.2, -0.15) is 17.7 Å². The Hall–Kier alpha value is -3.17. The van der Waals surface area contributed by atoms with Gasteiger partial charge in [0.05, 0.1) is 17.1 Å². The number of fused-ring (bicyclic) bond motifs is 2. The Labute approximate surface area is 138 Å². The molecule has 4 aromatic rings. The van der Waals surface area contributed by atoms with Crippen LogP contribution in [0, 0.1) is 0 Å². The SMILES string of the molecule is CC(Nc1ccc2nnc(C(F)(F)F)n2n1)c1nc2ccccc2[nH]1. The van der Waals surface area contributed by atoms with E-state index in [0.717, 1.165) is 11.0 Å². The van der Waals surface area contributed by atoms with Crippen LogP contribution in [0.15, 0.2) is 36.4 Å². The van der Waals surface area contributed by atoms with Gasteiger partial charge in [0.15, 0.2) is 5.65 Å². The van der Waals surface area contributed by atoms with Crippen molar-refractivity contribution < 1.29 is 13.2 Å². The number of hydrogen-bond donors (Lipinski definition) is 2. The molecule has 0 radical (unpaired) electrons. The highest BCUT2D eigenvalue weighted by molar-refractivity contribution is 5.74. The van der Waals surface area contributed by atoms with Crippen molar-refractivity contribution in [1.82, 2.24) is 29.8 Å². The molecule has 1 unspecified atom stereocenters. The van der Waals surface area contributed by atoms with E-state index in [4.69, 9.17) is 0 Å². The van der Waals surface area contributed by atoms with Crippen molar-refractivity contribution in [3.8, 4) is 0 Å². The number of benzene rings is 1. The molecule has 25 heavy (non-hydrogen) atoms. The van der Waals surface area contributed by atoms with Gasteiger partial charge in [0.2, 0.25) is 0 Å². The normalized spacial score (nSPS) is 13.4. The fourth-order valence-corrected chi connectivity index (χ4v) is 2.51. The summed E-state index contributed by atoms with van der Waals surface area (Å²) >= 11 is 0.